The molecule has 0 aromatic heterocycles. The summed E-state index contributed by atoms with van der Waals surface area (Å²) in [5.41, 5.74) is 0. The molecule has 0 amide bonds. The predicted octanol–water partition coefficient (Wildman–Crippen LogP) is 7.13. The van der Waals surface area contributed by atoms with Gasteiger partial charge in [-0.3, -0.25) is 0 Å². The lowest BCUT2D eigenvalue weighted by molar-refractivity contribution is 0.141. The molecule has 126 valence electrons. The first-order valence-electron chi connectivity index (χ1n) is 9.31. The average Bonchev–Trinajstić information content (AvgIpc) is 2.54. The van der Waals surface area contributed by atoms with E-state index in [1.807, 2.05) is 0 Å². The molecule has 2 saturated carbocycles. The summed E-state index contributed by atoms with van der Waals surface area (Å²) in [5, 5.41) is 0. The predicted molar refractivity (Wildman–Crippen MR) is 89.9 cm³/mol. The molecule has 0 saturated heterocycles. The second-order valence-corrected chi connectivity index (χ2v) is 7.50. The fraction of sp³-hybridized carbons (Fsp3) is 0.800. The molecule has 2 rings (SSSR count). The molecule has 0 heterocycles. The SMILES string of the molecule is C=CCCC1CCC(C2CCC(CCC=C(F)F)CC2)CC1. The van der Waals surface area contributed by atoms with Gasteiger partial charge in [0.1, 0.15) is 0 Å². The Hall–Kier alpha value is -0.660. The summed E-state index contributed by atoms with van der Waals surface area (Å²) >= 11 is 0. The third kappa shape index (κ3) is 5.85. The lowest BCUT2D eigenvalue weighted by Crippen LogP contribution is -2.25. The van der Waals surface area contributed by atoms with Crippen LogP contribution in [0.3, 0.4) is 0 Å². The highest BCUT2D eigenvalue weighted by molar-refractivity contribution is 4.85. The first-order valence-corrected chi connectivity index (χ1v) is 9.31. The number of allylic oxidation sites excluding steroid dienone is 2. The van der Waals surface area contributed by atoms with E-state index in [-0.39, 0.29) is 0 Å². The van der Waals surface area contributed by atoms with E-state index >= 15 is 0 Å². The van der Waals surface area contributed by atoms with Crippen molar-refractivity contribution in [3.05, 3.63) is 24.8 Å². The Morgan fingerprint density at radius 2 is 1.23 bits per heavy atom. The van der Waals surface area contributed by atoms with Gasteiger partial charge in [0.05, 0.1) is 0 Å². The van der Waals surface area contributed by atoms with Crippen LogP contribution in [0.2, 0.25) is 0 Å². The highest BCUT2D eigenvalue weighted by Gasteiger charge is 2.30. The molecule has 0 bridgehead atoms. The van der Waals surface area contributed by atoms with Crippen LogP contribution in [0.5, 0.6) is 0 Å². The minimum atomic E-state index is -1.51. The Morgan fingerprint density at radius 3 is 1.64 bits per heavy atom. The lowest BCUT2D eigenvalue weighted by Gasteiger charge is -2.38. The zero-order chi connectivity index (χ0) is 15.8. The largest absolute Gasteiger partial charge is 0.266 e. The van der Waals surface area contributed by atoms with Crippen LogP contribution in [-0.2, 0) is 0 Å². The van der Waals surface area contributed by atoms with Crippen LogP contribution in [0.4, 0.5) is 8.78 Å². The van der Waals surface area contributed by atoms with E-state index in [4.69, 9.17) is 0 Å². The Morgan fingerprint density at radius 1 is 0.773 bits per heavy atom. The maximum Gasteiger partial charge on any atom is 0.266 e. The van der Waals surface area contributed by atoms with Gasteiger partial charge in [-0.2, -0.15) is 8.78 Å². The zero-order valence-corrected chi connectivity index (χ0v) is 13.9. The summed E-state index contributed by atoms with van der Waals surface area (Å²) in [5.74, 6) is 3.50. The normalized spacial score (nSPS) is 32.5. The third-order valence-corrected chi connectivity index (χ3v) is 6.10. The molecular weight excluding hydrogens is 278 g/mol. The first kappa shape index (κ1) is 17.7. The topological polar surface area (TPSA) is 0 Å². The summed E-state index contributed by atoms with van der Waals surface area (Å²) in [6, 6.07) is 0. The van der Waals surface area contributed by atoms with Crippen molar-refractivity contribution in [3.8, 4) is 0 Å². The highest BCUT2D eigenvalue weighted by atomic mass is 19.3. The molecule has 0 atom stereocenters. The van der Waals surface area contributed by atoms with E-state index in [2.05, 4.69) is 12.7 Å². The van der Waals surface area contributed by atoms with Gasteiger partial charge in [-0.25, -0.2) is 0 Å². The van der Waals surface area contributed by atoms with Crippen molar-refractivity contribution in [2.45, 2.75) is 77.0 Å². The van der Waals surface area contributed by atoms with Gasteiger partial charge in [-0.1, -0.05) is 31.8 Å². The molecule has 0 nitrogen and oxygen atoms in total. The first-order chi connectivity index (χ1) is 10.7. The molecule has 0 N–H and O–H groups in total. The smallest absolute Gasteiger partial charge is 0.174 e. The Balaban J connectivity index is 1.63. The van der Waals surface area contributed by atoms with Gasteiger partial charge in [-0.05, 0) is 81.1 Å². The molecule has 0 aliphatic heterocycles. The lowest BCUT2D eigenvalue weighted by atomic mass is 9.68. The van der Waals surface area contributed by atoms with Crippen LogP contribution >= 0.6 is 0 Å². The van der Waals surface area contributed by atoms with Crippen molar-refractivity contribution in [1.82, 2.24) is 0 Å². The fourth-order valence-corrected chi connectivity index (χ4v) is 4.68. The molecule has 0 radical (unpaired) electrons. The fourth-order valence-electron chi connectivity index (χ4n) is 4.68. The number of rotatable bonds is 7. The van der Waals surface area contributed by atoms with E-state index in [9.17, 15) is 8.78 Å². The van der Waals surface area contributed by atoms with E-state index in [0.29, 0.717) is 12.3 Å². The summed E-state index contributed by atoms with van der Waals surface area (Å²) in [6.07, 6.45) is 16.6. The van der Waals surface area contributed by atoms with Crippen LogP contribution in [-0.4, -0.2) is 0 Å². The molecule has 0 aromatic rings. The second-order valence-electron chi connectivity index (χ2n) is 7.50. The standard InChI is InChI=1S/C20H32F2/c1-2-3-5-16-8-12-18(13-9-16)19-14-10-17(11-15-19)6-4-7-20(21)22/h2,7,16-19H,1,3-6,8-15H2. The summed E-state index contributed by atoms with van der Waals surface area (Å²) in [4.78, 5) is 0. The van der Waals surface area contributed by atoms with Crippen LogP contribution in [0.15, 0.2) is 24.8 Å². The molecule has 22 heavy (non-hydrogen) atoms. The number of halogens is 2. The monoisotopic (exact) mass is 310 g/mol. The van der Waals surface area contributed by atoms with Crippen molar-refractivity contribution in [2.75, 3.05) is 0 Å². The third-order valence-electron chi connectivity index (χ3n) is 6.10. The quantitative estimate of drug-likeness (QED) is 0.439. The number of hydrogen-bond donors (Lipinski definition) is 0. The van der Waals surface area contributed by atoms with Gasteiger partial charge in [-0.15, -0.1) is 6.58 Å². The van der Waals surface area contributed by atoms with Gasteiger partial charge >= 0.3 is 0 Å². The minimum absolute atomic E-state index is 0.562. The van der Waals surface area contributed by atoms with Crippen LogP contribution in [0.1, 0.15) is 77.0 Å². The van der Waals surface area contributed by atoms with Crippen LogP contribution < -0.4 is 0 Å². The average molecular weight is 310 g/mol. The Kier molecular flexibility index (Phi) is 7.62. The van der Waals surface area contributed by atoms with Crippen molar-refractivity contribution in [3.63, 3.8) is 0 Å². The van der Waals surface area contributed by atoms with E-state index in [1.165, 1.54) is 64.2 Å². The summed E-state index contributed by atoms with van der Waals surface area (Å²) in [6.45, 7) is 3.83. The second kappa shape index (κ2) is 9.47. The molecule has 2 aliphatic rings. The number of hydrogen-bond acceptors (Lipinski definition) is 0. The van der Waals surface area contributed by atoms with Crippen molar-refractivity contribution >= 4 is 0 Å². The van der Waals surface area contributed by atoms with Crippen molar-refractivity contribution < 1.29 is 8.78 Å². The van der Waals surface area contributed by atoms with Gasteiger partial charge in [0.25, 0.3) is 6.08 Å². The maximum atomic E-state index is 12.1. The van der Waals surface area contributed by atoms with E-state index in [0.717, 1.165) is 30.3 Å². The van der Waals surface area contributed by atoms with Crippen molar-refractivity contribution in [2.24, 2.45) is 23.7 Å². The van der Waals surface area contributed by atoms with Gasteiger partial charge < -0.3 is 0 Å². The Labute approximate surface area is 135 Å². The summed E-state index contributed by atoms with van der Waals surface area (Å²) in [7, 11) is 0. The molecule has 0 aromatic carbocycles. The van der Waals surface area contributed by atoms with Gasteiger partial charge in [0, 0.05) is 0 Å². The molecule has 0 unspecified atom stereocenters. The zero-order valence-electron chi connectivity index (χ0n) is 13.9. The van der Waals surface area contributed by atoms with Gasteiger partial charge in [0.15, 0.2) is 0 Å². The minimum Gasteiger partial charge on any atom is -0.174 e. The highest BCUT2D eigenvalue weighted by Crippen LogP contribution is 2.42. The van der Waals surface area contributed by atoms with Crippen LogP contribution in [0, 0.1) is 23.7 Å². The Bertz CT molecular complexity index is 341. The molecule has 2 fully saturated rings. The van der Waals surface area contributed by atoms with E-state index < -0.39 is 6.08 Å². The molecule has 2 heteroatoms. The maximum absolute atomic E-state index is 12.1. The molecule has 2 aliphatic carbocycles. The van der Waals surface area contributed by atoms with Crippen LogP contribution in [0.25, 0.3) is 0 Å². The van der Waals surface area contributed by atoms with Gasteiger partial charge in [0.2, 0.25) is 0 Å². The van der Waals surface area contributed by atoms with Crippen molar-refractivity contribution in [1.29, 1.82) is 0 Å². The van der Waals surface area contributed by atoms with E-state index in [1.54, 1.807) is 0 Å². The summed E-state index contributed by atoms with van der Waals surface area (Å²) < 4.78 is 24.1. The molecule has 0 spiro atoms. The molecular formula is C20H32F2.